The van der Waals surface area contributed by atoms with Crippen LogP contribution in [0.25, 0.3) is 0 Å². The Morgan fingerprint density at radius 1 is 1.20 bits per heavy atom. The normalized spacial score (nSPS) is 24.3. The zero-order chi connectivity index (χ0) is 14.2. The standard InChI is InChI=1S/C13H17N3O3S/c17-13(16-9-1-2-9)12-4-3-10(7-14-12)15-11-5-6-20(18,19)8-11/h3-4,7,9,11,15H,1-2,5-6,8H2,(H,16,17). The van der Waals surface area contributed by atoms with Gasteiger partial charge in [-0.25, -0.2) is 13.4 Å². The predicted octanol–water partition coefficient (Wildman–Crippen LogP) is 0.573. The van der Waals surface area contributed by atoms with Gasteiger partial charge in [0.05, 0.1) is 23.4 Å². The molecular weight excluding hydrogens is 278 g/mol. The largest absolute Gasteiger partial charge is 0.380 e. The van der Waals surface area contributed by atoms with Crippen LogP contribution in [-0.4, -0.2) is 42.9 Å². The molecule has 1 aromatic rings. The third-order valence-electron chi connectivity index (χ3n) is 3.51. The Balaban J connectivity index is 1.59. The highest BCUT2D eigenvalue weighted by Crippen LogP contribution is 2.20. The molecule has 0 radical (unpaired) electrons. The molecule has 1 atom stereocenters. The molecule has 20 heavy (non-hydrogen) atoms. The van der Waals surface area contributed by atoms with Crippen molar-refractivity contribution in [3.05, 3.63) is 24.0 Å². The lowest BCUT2D eigenvalue weighted by molar-refractivity contribution is 0.0946. The lowest BCUT2D eigenvalue weighted by atomic mass is 10.2. The molecule has 1 aromatic heterocycles. The molecule has 1 saturated carbocycles. The number of pyridine rings is 1. The number of rotatable bonds is 4. The van der Waals surface area contributed by atoms with Crippen molar-refractivity contribution in [3.63, 3.8) is 0 Å². The molecule has 1 aliphatic carbocycles. The number of hydrogen-bond acceptors (Lipinski definition) is 5. The Morgan fingerprint density at radius 2 is 2.00 bits per heavy atom. The summed E-state index contributed by atoms with van der Waals surface area (Å²) in [5, 5.41) is 6.01. The fraction of sp³-hybridized carbons (Fsp3) is 0.538. The minimum Gasteiger partial charge on any atom is -0.380 e. The van der Waals surface area contributed by atoms with Crippen LogP contribution >= 0.6 is 0 Å². The topological polar surface area (TPSA) is 88.2 Å². The van der Waals surface area contributed by atoms with Crippen molar-refractivity contribution in [2.45, 2.75) is 31.3 Å². The highest BCUT2D eigenvalue weighted by atomic mass is 32.2. The van der Waals surface area contributed by atoms with Crippen molar-refractivity contribution < 1.29 is 13.2 Å². The number of carbonyl (C=O) groups excluding carboxylic acids is 1. The van der Waals surface area contributed by atoms with Gasteiger partial charge >= 0.3 is 0 Å². The van der Waals surface area contributed by atoms with Gasteiger partial charge < -0.3 is 10.6 Å². The molecule has 2 heterocycles. The van der Waals surface area contributed by atoms with E-state index in [0.717, 1.165) is 18.5 Å². The average Bonchev–Trinajstić information content (AvgIpc) is 3.14. The van der Waals surface area contributed by atoms with Crippen molar-refractivity contribution in [2.75, 3.05) is 16.8 Å². The Morgan fingerprint density at radius 3 is 2.55 bits per heavy atom. The maximum atomic E-state index is 11.8. The number of nitrogens with one attached hydrogen (secondary N) is 2. The van der Waals surface area contributed by atoms with E-state index in [2.05, 4.69) is 15.6 Å². The second-order valence-corrected chi connectivity index (χ2v) is 7.65. The van der Waals surface area contributed by atoms with Crippen LogP contribution in [0.5, 0.6) is 0 Å². The summed E-state index contributed by atoms with van der Waals surface area (Å²) in [5.41, 5.74) is 1.14. The van der Waals surface area contributed by atoms with Crippen LogP contribution in [-0.2, 0) is 9.84 Å². The van der Waals surface area contributed by atoms with E-state index in [0.29, 0.717) is 18.2 Å². The monoisotopic (exact) mass is 295 g/mol. The van der Waals surface area contributed by atoms with Gasteiger partial charge in [-0.2, -0.15) is 0 Å². The van der Waals surface area contributed by atoms with Gasteiger partial charge in [-0.05, 0) is 31.4 Å². The summed E-state index contributed by atoms with van der Waals surface area (Å²) in [6.45, 7) is 0. The minimum atomic E-state index is -2.89. The minimum absolute atomic E-state index is 0.0621. The van der Waals surface area contributed by atoms with Crippen molar-refractivity contribution in [2.24, 2.45) is 0 Å². The van der Waals surface area contributed by atoms with Crippen LogP contribution in [0.3, 0.4) is 0 Å². The van der Waals surface area contributed by atoms with E-state index in [1.54, 1.807) is 18.3 Å². The van der Waals surface area contributed by atoms with E-state index in [9.17, 15) is 13.2 Å². The zero-order valence-electron chi connectivity index (χ0n) is 11.0. The molecule has 3 rings (SSSR count). The zero-order valence-corrected chi connectivity index (χ0v) is 11.8. The summed E-state index contributed by atoms with van der Waals surface area (Å²) >= 11 is 0. The lowest BCUT2D eigenvalue weighted by Crippen LogP contribution is -2.26. The van der Waals surface area contributed by atoms with E-state index in [1.165, 1.54) is 0 Å². The smallest absolute Gasteiger partial charge is 0.270 e. The molecule has 108 valence electrons. The van der Waals surface area contributed by atoms with Gasteiger partial charge in [-0.1, -0.05) is 0 Å². The van der Waals surface area contributed by atoms with E-state index < -0.39 is 9.84 Å². The van der Waals surface area contributed by atoms with Crippen LogP contribution in [0.4, 0.5) is 5.69 Å². The van der Waals surface area contributed by atoms with E-state index in [4.69, 9.17) is 0 Å². The first-order chi connectivity index (χ1) is 9.52. The van der Waals surface area contributed by atoms with Gasteiger partial charge in [0.15, 0.2) is 9.84 Å². The summed E-state index contributed by atoms with van der Waals surface area (Å²) in [7, 11) is -2.89. The third-order valence-corrected chi connectivity index (χ3v) is 5.28. The first kappa shape index (κ1) is 13.4. The maximum absolute atomic E-state index is 11.8. The van der Waals surface area contributed by atoms with E-state index in [-0.39, 0.29) is 23.5 Å². The number of sulfone groups is 1. The number of anilines is 1. The molecule has 7 heteroatoms. The number of nitrogens with zero attached hydrogens (tertiary/aromatic N) is 1. The number of amides is 1. The van der Waals surface area contributed by atoms with Gasteiger partial charge in [0.25, 0.3) is 5.91 Å². The third kappa shape index (κ3) is 3.27. The lowest BCUT2D eigenvalue weighted by Gasteiger charge is -2.12. The summed E-state index contributed by atoms with van der Waals surface area (Å²) in [4.78, 5) is 15.9. The van der Waals surface area contributed by atoms with Gasteiger partial charge in [0, 0.05) is 12.1 Å². The van der Waals surface area contributed by atoms with Crippen molar-refractivity contribution >= 4 is 21.4 Å². The van der Waals surface area contributed by atoms with E-state index >= 15 is 0 Å². The number of hydrogen-bond donors (Lipinski definition) is 2. The van der Waals surface area contributed by atoms with Crippen molar-refractivity contribution in [3.8, 4) is 0 Å². The Bertz CT molecular complexity index is 608. The fourth-order valence-corrected chi connectivity index (χ4v) is 3.92. The van der Waals surface area contributed by atoms with Crippen LogP contribution in [0.1, 0.15) is 29.8 Å². The van der Waals surface area contributed by atoms with Crippen LogP contribution < -0.4 is 10.6 Å². The quantitative estimate of drug-likeness (QED) is 0.848. The summed E-state index contributed by atoms with van der Waals surface area (Å²) < 4.78 is 22.7. The highest BCUT2D eigenvalue weighted by Gasteiger charge is 2.28. The molecule has 1 unspecified atom stereocenters. The van der Waals surface area contributed by atoms with Gasteiger partial charge in [-0.15, -0.1) is 0 Å². The van der Waals surface area contributed by atoms with Crippen LogP contribution in [0, 0.1) is 0 Å². The van der Waals surface area contributed by atoms with Gasteiger partial charge in [0.2, 0.25) is 0 Å². The second kappa shape index (κ2) is 5.05. The maximum Gasteiger partial charge on any atom is 0.270 e. The van der Waals surface area contributed by atoms with Crippen LogP contribution in [0.2, 0.25) is 0 Å². The molecule has 0 aromatic carbocycles. The number of carbonyl (C=O) groups is 1. The molecule has 1 aliphatic heterocycles. The Kier molecular flexibility index (Phi) is 3.37. The molecule has 0 spiro atoms. The predicted molar refractivity (Wildman–Crippen MR) is 75.4 cm³/mol. The fourth-order valence-electron chi connectivity index (χ4n) is 2.25. The molecular formula is C13H17N3O3S. The molecule has 1 saturated heterocycles. The molecule has 2 fully saturated rings. The second-order valence-electron chi connectivity index (χ2n) is 5.42. The van der Waals surface area contributed by atoms with E-state index in [1.807, 2.05) is 0 Å². The van der Waals surface area contributed by atoms with Crippen molar-refractivity contribution in [1.82, 2.24) is 10.3 Å². The summed E-state index contributed by atoms with van der Waals surface area (Å²) in [5.74, 6) is 0.249. The molecule has 0 bridgehead atoms. The summed E-state index contributed by atoms with van der Waals surface area (Å²) in [6, 6.07) is 3.67. The van der Waals surface area contributed by atoms with Crippen LogP contribution in [0.15, 0.2) is 18.3 Å². The first-order valence-corrected chi connectivity index (χ1v) is 8.58. The summed E-state index contributed by atoms with van der Waals surface area (Å²) in [6.07, 6.45) is 4.28. The van der Waals surface area contributed by atoms with Crippen molar-refractivity contribution in [1.29, 1.82) is 0 Å². The Hall–Kier alpha value is -1.63. The molecule has 1 amide bonds. The van der Waals surface area contributed by atoms with Gasteiger partial charge in [0.1, 0.15) is 5.69 Å². The highest BCUT2D eigenvalue weighted by molar-refractivity contribution is 7.91. The Labute approximate surface area is 117 Å². The SMILES string of the molecule is O=C(NC1CC1)c1ccc(NC2CCS(=O)(=O)C2)cn1. The average molecular weight is 295 g/mol. The molecule has 6 nitrogen and oxygen atoms in total. The molecule has 2 N–H and O–H groups in total. The first-order valence-electron chi connectivity index (χ1n) is 6.76. The number of aromatic nitrogens is 1. The molecule has 2 aliphatic rings. The van der Waals surface area contributed by atoms with Gasteiger partial charge in [-0.3, -0.25) is 4.79 Å².